The minimum atomic E-state index is -0.549. The minimum Gasteiger partial charge on any atom is -0.444 e. The summed E-state index contributed by atoms with van der Waals surface area (Å²) in [5, 5.41) is 4.11. The number of pyridine rings is 1. The van der Waals surface area contributed by atoms with E-state index in [1.807, 2.05) is 44.4 Å². The number of nitrogens with zero attached hydrogens (tertiary/aromatic N) is 5. The van der Waals surface area contributed by atoms with Crippen molar-refractivity contribution in [2.24, 2.45) is 0 Å². The molecule has 0 spiro atoms. The summed E-state index contributed by atoms with van der Waals surface area (Å²) < 4.78 is 7.26. The third kappa shape index (κ3) is 5.89. The van der Waals surface area contributed by atoms with Gasteiger partial charge in [0.2, 0.25) is 5.95 Å². The molecule has 3 aromatic rings. The molecule has 0 radical (unpaired) electrons. The van der Waals surface area contributed by atoms with Crippen molar-refractivity contribution in [1.82, 2.24) is 24.3 Å². The van der Waals surface area contributed by atoms with Gasteiger partial charge in [0.05, 0.1) is 5.69 Å². The summed E-state index contributed by atoms with van der Waals surface area (Å²) in [7, 11) is 0. The molecule has 10 nitrogen and oxygen atoms in total. The van der Waals surface area contributed by atoms with Crippen LogP contribution in [-0.2, 0) is 4.74 Å². The van der Waals surface area contributed by atoms with Gasteiger partial charge in [-0.1, -0.05) is 12.8 Å². The highest BCUT2D eigenvalue weighted by atomic mass is 16.6. The third-order valence-corrected chi connectivity index (χ3v) is 7.27. The average molecular weight is 533 g/mol. The van der Waals surface area contributed by atoms with Crippen molar-refractivity contribution in [3.63, 3.8) is 0 Å². The molecule has 2 amide bonds. The van der Waals surface area contributed by atoms with Crippen LogP contribution in [0.15, 0.2) is 41.2 Å². The minimum absolute atomic E-state index is 0.0340. The molecule has 1 saturated heterocycles. The maximum Gasteiger partial charge on any atom is 0.410 e. The molecule has 10 heteroatoms. The maximum absolute atomic E-state index is 13.1. The SMILES string of the molecule is Cc1nc(Nc2ccc(C(=O)N3CCN(C(=O)OC(C)(C)C)CC3)cc2)nc2c1ccc(=O)n2C1CCCC1. The van der Waals surface area contributed by atoms with Gasteiger partial charge in [0.25, 0.3) is 11.5 Å². The number of piperazine rings is 1. The maximum atomic E-state index is 13.1. The molecule has 206 valence electrons. The van der Waals surface area contributed by atoms with E-state index in [-0.39, 0.29) is 23.6 Å². The van der Waals surface area contributed by atoms with E-state index in [0.29, 0.717) is 43.3 Å². The van der Waals surface area contributed by atoms with Crippen LogP contribution in [0.4, 0.5) is 16.4 Å². The molecule has 1 aliphatic heterocycles. The van der Waals surface area contributed by atoms with Crippen molar-refractivity contribution in [1.29, 1.82) is 0 Å². The van der Waals surface area contributed by atoms with Gasteiger partial charge in [0.15, 0.2) is 0 Å². The fourth-order valence-electron chi connectivity index (χ4n) is 5.28. The lowest BCUT2D eigenvalue weighted by Crippen LogP contribution is -2.51. The van der Waals surface area contributed by atoms with Gasteiger partial charge in [-0.05, 0) is 70.9 Å². The Kier molecular flexibility index (Phi) is 7.29. The summed E-state index contributed by atoms with van der Waals surface area (Å²) in [6.07, 6.45) is 3.85. The van der Waals surface area contributed by atoms with E-state index in [9.17, 15) is 14.4 Å². The Morgan fingerprint density at radius 2 is 1.56 bits per heavy atom. The van der Waals surface area contributed by atoms with E-state index in [2.05, 4.69) is 10.3 Å². The standard InChI is InChI=1S/C29H36N6O4/c1-19-23-13-14-24(36)35(22-7-5-6-8-22)25(23)32-27(30-19)31-21-11-9-20(10-12-21)26(37)33-15-17-34(18-16-33)28(38)39-29(2,3)4/h9-14,22H,5-8,15-18H2,1-4H3,(H,30,31,32). The number of hydrogen-bond donors (Lipinski definition) is 1. The Hall–Kier alpha value is -3.95. The fourth-order valence-corrected chi connectivity index (χ4v) is 5.28. The molecule has 0 unspecified atom stereocenters. The summed E-state index contributed by atoms with van der Waals surface area (Å²) in [4.78, 5) is 50.9. The van der Waals surface area contributed by atoms with Crippen LogP contribution in [0.1, 0.15) is 68.5 Å². The summed E-state index contributed by atoms with van der Waals surface area (Å²) >= 11 is 0. The van der Waals surface area contributed by atoms with Gasteiger partial charge < -0.3 is 19.9 Å². The highest BCUT2D eigenvalue weighted by molar-refractivity contribution is 5.94. The Labute approximate surface area is 228 Å². The van der Waals surface area contributed by atoms with Crippen molar-refractivity contribution >= 4 is 34.7 Å². The Balaban J connectivity index is 1.27. The number of anilines is 2. The van der Waals surface area contributed by atoms with Crippen molar-refractivity contribution in [3.05, 3.63) is 58.0 Å². The van der Waals surface area contributed by atoms with Crippen LogP contribution in [0.5, 0.6) is 0 Å². The van der Waals surface area contributed by atoms with Gasteiger partial charge in [0.1, 0.15) is 11.2 Å². The topological polar surface area (TPSA) is 110 Å². The van der Waals surface area contributed by atoms with Crippen LogP contribution in [-0.4, -0.2) is 68.1 Å². The van der Waals surface area contributed by atoms with Gasteiger partial charge in [0, 0.05) is 54.9 Å². The second kappa shape index (κ2) is 10.7. The number of fused-ring (bicyclic) bond motifs is 1. The lowest BCUT2D eigenvalue weighted by molar-refractivity contribution is 0.0141. The number of carbonyl (C=O) groups excluding carboxylic acids is 2. The average Bonchev–Trinajstić information content (AvgIpc) is 3.42. The lowest BCUT2D eigenvalue weighted by Gasteiger charge is -2.35. The second-order valence-corrected chi connectivity index (χ2v) is 11.3. The Morgan fingerprint density at radius 1 is 0.923 bits per heavy atom. The second-order valence-electron chi connectivity index (χ2n) is 11.3. The quantitative estimate of drug-likeness (QED) is 0.521. The molecule has 2 aliphatic rings. The van der Waals surface area contributed by atoms with Crippen LogP contribution >= 0.6 is 0 Å². The molecule has 1 aliphatic carbocycles. The van der Waals surface area contributed by atoms with E-state index in [1.54, 1.807) is 34.1 Å². The van der Waals surface area contributed by atoms with Gasteiger partial charge in [-0.2, -0.15) is 4.98 Å². The van der Waals surface area contributed by atoms with Crippen LogP contribution < -0.4 is 10.9 Å². The van der Waals surface area contributed by atoms with Crippen LogP contribution in [0, 0.1) is 6.92 Å². The van der Waals surface area contributed by atoms with Gasteiger partial charge >= 0.3 is 6.09 Å². The van der Waals surface area contributed by atoms with E-state index < -0.39 is 5.60 Å². The van der Waals surface area contributed by atoms with Crippen LogP contribution in [0.3, 0.4) is 0 Å². The molecular formula is C29H36N6O4. The first-order chi connectivity index (χ1) is 18.6. The number of aryl methyl sites for hydroxylation is 1. The summed E-state index contributed by atoms with van der Waals surface area (Å²) in [6, 6.07) is 10.8. The normalized spacial score (nSPS) is 16.5. The van der Waals surface area contributed by atoms with Crippen molar-refractivity contribution in [3.8, 4) is 0 Å². The molecule has 5 rings (SSSR count). The van der Waals surface area contributed by atoms with Crippen LogP contribution in [0.2, 0.25) is 0 Å². The number of rotatable bonds is 4. The van der Waals surface area contributed by atoms with E-state index >= 15 is 0 Å². The molecule has 3 heterocycles. The Bertz CT molecular complexity index is 1430. The number of carbonyl (C=O) groups is 2. The molecule has 1 N–H and O–H groups in total. The van der Waals surface area contributed by atoms with E-state index in [0.717, 1.165) is 42.5 Å². The number of amides is 2. The molecule has 0 atom stereocenters. The number of benzene rings is 1. The monoisotopic (exact) mass is 532 g/mol. The molecule has 39 heavy (non-hydrogen) atoms. The zero-order valence-electron chi connectivity index (χ0n) is 23.1. The zero-order chi connectivity index (χ0) is 27.7. The Morgan fingerprint density at radius 3 is 2.21 bits per heavy atom. The molecule has 1 aromatic carbocycles. The van der Waals surface area contributed by atoms with Gasteiger partial charge in [-0.3, -0.25) is 14.2 Å². The lowest BCUT2D eigenvalue weighted by atomic mass is 10.1. The highest BCUT2D eigenvalue weighted by Gasteiger charge is 2.28. The van der Waals surface area contributed by atoms with Crippen molar-refractivity contribution in [2.75, 3.05) is 31.5 Å². The fraction of sp³-hybridized carbons (Fsp3) is 0.483. The number of aromatic nitrogens is 3. The first kappa shape index (κ1) is 26.6. The van der Waals surface area contributed by atoms with E-state index in [1.165, 1.54) is 0 Å². The van der Waals surface area contributed by atoms with Crippen molar-refractivity contribution in [2.45, 2.75) is 65.0 Å². The summed E-state index contributed by atoms with van der Waals surface area (Å²) in [5.74, 6) is 0.332. The van der Waals surface area contributed by atoms with Crippen molar-refractivity contribution < 1.29 is 14.3 Å². The summed E-state index contributed by atoms with van der Waals surface area (Å²) in [6.45, 7) is 9.21. The first-order valence-electron chi connectivity index (χ1n) is 13.6. The molecular weight excluding hydrogens is 496 g/mol. The number of ether oxygens (including phenoxy) is 1. The summed E-state index contributed by atoms with van der Waals surface area (Å²) in [5.41, 5.74) is 2.18. The predicted octanol–water partition coefficient (Wildman–Crippen LogP) is 4.65. The predicted molar refractivity (Wildman–Crippen MR) is 149 cm³/mol. The van der Waals surface area contributed by atoms with E-state index in [4.69, 9.17) is 9.72 Å². The smallest absolute Gasteiger partial charge is 0.410 e. The molecule has 2 fully saturated rings. The first-order valence-corrected chi connectivity index (χ1v) is 13.6. The molecule has 1 saturated carbocycles. The highest BCUT2D eigenvalue weighted by Crippen LogP contribution is 2.31. The van der Waals surface area contributed by atoms with Gasteiger partial charge in [-0.25, -0.2) is 9.78 Å². The molecule has 2 aromatic heterocycles. The third-order valence-electron chi connectivity index (χ3n) is 7.27. The number of nitrogens with one attached hydrogen (secondary N) is 1. The number of hydrogen-bond acceptors (Lipinski definition) is 7. The zero-order valence-corrected chi connectivity index (χ0v) is 23.1. The molecule has 0 bridgehead atoms. The van der Waals surface area contributed by atoms with Gasteiger partial charge in [-0.15, -0.1) is 0 Å². The largest absolute Gasteiger partial charge is 0.444 e. The van der Waals surface area contributed by atoms with Crippen LogP contribution in [0.25, 0.3) is 11.0 Å².